The molecule has 0 amide bonds. The molecular weight excluding hydrogens is 404 g/mol. The van der Waals surface area contributed by atoms with E-state index < -0.39 is 0 Å². The molecule has 2 bridgehead atoms. The number of hydrogen-bond donors (Lipinski definition) is 0. The monoisotopic (exact) mass is 430 g/mol. The van der Waals surface area contributed by atoms with Gasteiger partial charge in [-0.25, -0.2) is 0 Å². The molecule has 4 rings (SSSR count). The molecule has 2 aromatic rings. The van der Waals surface area contributed by atoms with Crippen molar-refractivity contribution in [3.63, 3.8) is 0 Å². The van der Waals surface area contributed by atoms with E-state index in [4.69, 9.17) is 14.7 Å². The van der Waals surface area contributed by atoms with Gasteiger partial charge in [0.1, 0.15) is 24.2 Å². The van der Waals surface area contributed by atoms with Crippen molar-refractivity contribution in [3.8, 4) is 23.6 Å². The quantitative estimate of drug-likeness (QED) is 0.595. The molecule has 2 saturated heterocycles. The highest BCUT2D eigenvalue weighted by Crippen LogP contribution is 2.30. The number of methoxy groups -OCH3 is 1. The fourth-order valence-electron chi connectivity index (χ4n) is 4.72. The van der Waals surface area contributed by atoms with Crippen LogP contribution in [0.3, 0.4) is 0 Å². The summed E-state index contributed by atoms with van der Waals surface area (Å²) in [6, 6.07) is 17.2. The first-order valence-electron chi connectivity index (χ1n) is 10.8. The Morgan fingerprint density at radius 3 is 2.41 bits per heavy atom. The van der Waals surface area contributed by atoms with E-state index in [0.29, 0.717) is 47.7 Å². The Balaban J connectivity index is 1.29. The number of ether oxygens (including phenoxy) is 2. The summed E-state index contributed by atoms with van der Waals surface area (Å²) >= 11 is 0. The van der Waals surface area contributed by atoms with E-state index in [0.717, 1.165) is 38.2 Å². The molecule has 0 radical (unpaired) electrons. The summed E-state index contributed by atoms with van der Waals surface area (Å²) in [4.78, 5) is 17.4. The zero-order valence-electron chi connectivity index (χ0n) is 18.2. The number of nitriles is 2. The highest BCUT2D eigenvalue weighted by molar-refractivity contribution is 5.97. The van der Waals surface area contributed by atoms with E-state index in [9.17, 15) is 10.1 Å². The molecule has 2 unspecified atom stereocenters. The highest BCUT2D eigenvalue weighted by atomic mass is 16.5. The minimum Gasteiger partial charge on any atom is -0.497 e. The molecule has 2 fully saturated rings. The number of benzene rings is 2. The fraction of sp³-hybridized carbons (Fsp3) is 0.400. The Labute approximate surface area is 188 Å². The van der Waals surface area contributed by atoms with Crippen LogP contribution in [-0.4, -0.2) is 67.6 Å². The van der Waals surface area contributed by atoms with Gasteiger partial charge in [0.25, 0.3) is 0 Å². The molecule has 2 aliphatic heterocycles. The van der Waals surface area contributed by atoms with Gasteiger partial charge in [-0.3, -0.25) is 14.6 Å². The van der Waals surface area contributed by atoms with Gasteiger partial charge in [-0.05, 0) is 55.3 Å². The van der Waals surface area contributed by atoms with Crippen molar-refractivity contribution in [1.82, 2.24) is 9.80 Å². The number of fused-ring (bicyclic) bond motifs is 2. The molecule has 164 valence electrons. The van der Waals surface area contributed by atoms with Gasteiger partial charge in [0, 0.05) is 37.3 Å². The summed E-state index contributed by atoms with van der Waals surface area (Å²) in [6.45, 7) is 3.44. The van der Waals surface area contributed by atoms with Crippen molar-refractivity contribution in [2.24, 2.45) is 0 Å². The van der Waals surface area contributed by atoms with Crippen molar-refractivity contribution in [3.05, 3.63) is 59.2 Å². The van der Waals surface area contributed by atoms with Crippen LogP contribution in [0.15, 0.2) is 42.5 Å². The topological polar surface area (TPSA) is 89.6 Å². The molecule has 0 spiro atoms. The van der Waals surface area contributed by atoms with Gasteiger partial charge < -0.3 is 9.47 Å². The smallest absolute Gasteiger partial charge is 0.176 e. The van der Waals surface area contributed by atoms with Gasteiger partial charge in [-0.1, -0.05) is 0 Å². The lowest BCUT2D eigenvalue weighted by molar-refractivity contribution is 0.0523. The molecule has 0 aliphatic carbocycles. The van der Waals surface area contributed by atoms with Crippen molar-refractivity contribution < 1.29 is 14.3 Å². The Morgan fingerprint density at radius 2 is 1.78 bits per heavy atom. The van der Waals surface area contributed by atoms with Crippen LogP contribution >= 0.6 is 0 Å². The Kier molecular flexibility index (Phi) is 6.70. The van der Waals surface area contributed by atoms with Crippen LogP contribution in [0.5, 0.6) is 11.5 Å². The zero-order valence-corrected chi connectivity index (χ0v) is 18.2. The van der Waals surface area contributed by atoms with Crippen LogP contribution in [-0.2, 0) is 0 Å². The summed E-state index contributed by atoms with van der Waals surface area (Å²) < 4.78 is 11.0. The fourth-order valence-corrected chi connectivity index (χ4v) is 4.72. The molecule has 0 N–H and O–H groups in total. The molecule has 2 aliphatic rings. The number of hydrogen-bond acceptors (Lipinski definition) is 7. The first-order chi connectivity index (χ1) is 15.6. The van der Waals surface area contributed by atoms with Gasteiger partial charge in [-0.15, -0.1) is 0 Å². The molecule has 2 heterocycles. The molecular formula is C25H26N4O3. The predicted molar refractivity (Wildman–Crippen MR) is 119 cm³/mol. The van der Waals surface area contributed by atoms with Gasteiger partial charge in [0.05, 0.1) is 30.9 Å². The second kappa shape index (κ2) is 9.82. The Morgan fingerprint density at radius 1 is 1.06 bits per heavy atom. The molecule has 7 nitrogen and oxygen atoms in total. The van der Waals surface area contributed by atoms with E-state index >= 15 is 0 Å². The zero-order chi connectivity index (χ0) is 22.5. The van der Waals surface area contributed by atoms with Gasteiger partial charge in [0.2, 0.25) is 0 Å². The van der Waals surface area contributed by atoms with Crippen molar-refractivity contribution in [2.75, 3.05) is 39.9 Å². The van der Waals surface area contributed by atoms with Crippen molar-refractivity contribution in [2.45, 2.75) is 24.9 Å². The standard InChI is InChI=1S/C25H26N4O3/c1-31-23-7-3-19(4-8-23)24(30)17-28-15-21-5-6-22(16-28)29(21)10-11-32-25-9-2-18(13-26)12-20(25)14-27/h2-4,7-9,12,21-22H,5-6,10-11,15-17H2,1H3. The van der Waals surface area contributed by atoms with Crippen LogP contribution in [0, 0.1) is 22.7 Å². The van der Waals surface area contributed by atoms with E-state index in [2.05, 4.69) is 15.9 Å². The first-order valence-corrected chi connectivity index (χ1v) is 10.8. The maximum Gasteiger partial charge on any atom is 0.176 e. The average molecular weight is 431 g/mol. The van der Waals surface area contributed by atoms with Crippen molar-refractivity contribution in [1.29, 1.82) is 10.5 Å². The largest absolute Gasteiger partial charge is 0.497 e. The molecule has 7 heteroatoms. The Hall–Kier alpha value is -3.39. The molecule has 2 aromatic carbocycles. The highest BCUT2D eigenvalue weighted by Gasteiger charge is 2.39. The first kappa shape index (κ1) is 21.8. The number of carbonyl (C=O) groups excluding carboxylic acids is 1. The van der Waals surface area contributed by atoms with Crippen LogP contribution < -0.4 is 9.47 Å². The number of carbonyl (C=O) groups is 1. The van der Waals surface area contributed by atoms with E-state index in [1.807, 2.05) is 30.3 Å². The van der Waals surface area contributed by atoms with Crippen molar-refractivity contribution >= 4 is 5.78 Å². The summed E-state index contributed by atoms with van der Waals surface area (Å²) in [7, 11) is 1.62. The van der Waals surface area contributed by atoms with Gasteiger partial charge >= 0.3 is 0 Å². The minimum absolute atomic E-state index is 0.133. The summed E-state index contributed by atoms with van der Waals surface area (Å²) in [5, 5.41) is 18.3. The lowest BCUT2D eigenvalue weighted by atomic mass is 10.1. The lowest BCUT2D eigenvalue weighted by Crippen LogP contribution is -2.55. The molecule has 0 aromatic heterocycles. The predicted octanol–water partition coefficient (Wildman–Crippen LogP) is 2.85. The number of nitrogens with zero attached hydrogens (tertiary/aromatic N) is 4. The third-order valence-corrected chi connectivity index (χ3v) is 6.32. The number of ketones is 1. The number of piperazine rings is 1. The third kappa shape index (κ3) is 4.75. The van der Waals surface area contributed by atoms with Gasteiger partial charge in [0.15, 0.2) is 5.78 Å². The Bertz CT molecular complexity index is 1040. The molecule has 32 heavy (non-hydrogen) atoms. The maximum absolute atomic E-state index is 12.7. The second-order valence-electron chi connectivity index (χ2n) is 8.25. The van der Waals surface area contributed by atoms with Crippen LogP contribution in [0.4, 0.5) is 0 Å². The van der Waals surface area contributed by atoms with Crippen LogP contribution in [0.2, 0.25) is 0 Å². The van der Waals surface area contributed by atoms with E-state index in [1.54, 1.807) is 25.3 Å². The van der Waals surface area contributed by atoms with Crippen LogP contribution in [0.25, 0.3) is 0 Å². The molecule has 2 atom stereocenters. The third-order valence-electron chi connectivity index (χ3n) is 6.32. The maximum atomic E-state index is 12.7. The number of rotatable bonds is 8. The second-order valence-corrected chi connectivity index (χ2v) is 8.25. The van der Waals surface area contributed by atoms with Crippen LogP contribution in [0.1, 0.15) is 34.3 Å². The van der Waals surface area contributed by atoms with Gasteiger partial charge in [-0.2, -0.15) is 10.5 Å². The normalized spacial score (nSPS) is 20.3. The summed E-state index contributed by atoms with van der Waals surface area (Å²) in [5.41, 5.74) is 1.55. The summed E-state index contributed by atoms with van der Waals surface area (Å²) in [6.07, 6.45) is 2.25. The number of likely N-dealkylation sites (tertiary alicyclic amines) is 1. The SMILES string of the molecule is COc1ccc(C(=O)CN2CC3CCC(C2)N3CCOc2ccc(C#N)cc2C#N)cc1. The van der Waals surface area contributed by atoms with E-state index in [-0.39, 0.29) is 5.78 Å². The summed E-state index contributed by atoms with van der Waals surface area (Å²) in [5.74, 6) is 1.40. The average Bonchev–Trinajstić information content (AvgIpc) is 3.06. The lowest BCUT2D eigenvalue weighted by Gasteiger charge is -2.40. The van der Waals surface area contributed by atoms with E-state index in [1.165, 1.54) is 0 Å². The molecule has 0 saturated carbocycles. The number of Topliss-reactive ketones (excluding diaryl/α,β-unsaturated/α-hetero) is 1. The minimum atomic E-state index is 0.133.